The summed E-state index contributed by atoms with van der Waals surface area (Å²) in [5, 5.41) is 0. The Morgan fingerprint density at radius 2 is 2.22 bits per heavy atom. The predicted molar refractivity (Wildman–Crippen MR) is 80.4 cm³/mol. The molecule has 1 heterocycles. The number of halogens is 1. The fourth-order valence-electron chi connectivity index (χ4n) is 2.79. The summed E-state index contributed by atoms with van der Waals surface area (Å²) in [7, 11) is 0. The van der Waals surface area contributed by atoms with Crippen molar-refractivity contribution in [3.8, 4) is 0 Å². The van der Waals surface area contributed by atoms with E-state index in [4.69, 9.17) is 0 Å². The summed E-state index contributed by atoms with van der Waals surface area (Å²) in [6.45, 7) is 0. The highest BCUT2D eigenvalue weighted by Crippen LogP contribution is 2.41. The van der Waals surface area contributed by atoms with Crippen molar-refractivity contribution in [1.29, 1.82) is 0 Å². The second-order valence-electron chi connectivity index (χ2n) is 4.92. The molecule has 2 atom stereocenters. The van der Waals surface area contributed by atoms with Gasteiger partial charge in [0, 0.05) is 15.9 Å². The van der Waals surface area contributed by atoms with Gasteiger partial charge in [0.2, 0.25) is 0 Å². The Bertz CT molecular complexity index is 509. The van der Waals surface area contributed by atoms with E-state index >= 15 is 0 Å². The minimum Gasteiger partial charge on any atom is -0.253 e. The molecule has 1 nitrogen and oxygen atoms in total. The van der Waals surface area contributed by atoms with Gasteiger partial charge in [-0.3, -0.25) is 4.98 Å². The van der Waals surface area contributed by atoms with Crippen molar-refractivity contribution in [2.45, 2.75) is 30.5 Å². The second-order valence-corrected chi connectivity index (χ2v) is 6.88. The maximum atomic E-state index is 4.18. The Balaban J connectivity index is 1.85. The largest absolute Gasteiger partial charge is 0.253 e. The molecule has 1 aromatic carbocycles. The number of fused-ring (bicyclic) bond motifs is 1. The van der Waals surface area contributed by atoms with E-state index in [9.17, 15) is 0 Å². The smallest absolute Gasteiger partial charge is 0.0794 e. The van der Waals surface area contributed by atoms with Crippen molar-refractivity contribution in [1.82, 2.24) is 4.98 Å². The maximum Gasteiger partial charge on any atom is 0.0794 e. The van der Waals surface area contributed by atoms with Crippen LogP contribution in [0.15, 0.2) is 36.0 Å². The van der Waals surface area contributed by atoms with E-state index in [2.05, 4.69) is 45.2 Å². The van der Waals surface area contributed by atoms with Gasteiger partial charge in [0.15, 0.2) is 0 Å². The number of hydrogen-bond acceptors (Lipinski definition) is 2. The van der Waals surface area contributed by atoms with Crippen LogP contribution in [0.4, 0.5) is 0 Å². The summed E-state index contributed by atoms with van der Waals surface area (Å²) in [4.78, 5) is 6.07. The number of nitrogens with zero attached hydrogens (tertiary/aromatic N) is 1. The van der Waals surface area contributed by atoms with E-state index in [1.807, 2.05) is 11.7 Å². The molecule has 0 radical (unpaired) electrons. The highest BCUT2D eigenvalue weighted by atomic mass is 79.9. The van der Waals surface area contributed by atoms with Gasteiger partial charge in [-0.1, -0.05) is 40.2 Å². The van der Waals surface area contributed by atoms with Gasteiger partial charge in [-0.25, -0.2) is 0 Å². The van der Waals surface area contributed by atoms with Gasteiger partial charge in [0.05, 0.1) is 5.51 Å². The van der Waals surface area contributed by atoms with Crippen LogP contribution in [0.2, 0.25) is 0 Å². The zero-order valence-corrected chi connectivity index (χ0v) is 12.6. The van der Waals surface area contributed by atoms with Crippen LogP contribution in [0.3, 0.4) is 0 Å². The quantitative estimate of drug-likeness (QED) is 0.573. The van der Waals surface area contributed by atoms with E-state index < -0.39 is 0 Å². The van der Waals surface area contributed by atoms with Crippen LogP contribution in [-0.2, 0) is 12.8 Å². The van der Waals surface area contributed by atoms with Crippen molar-refractivity contribution in [3.05, 3.63) is 52.0 Å². The van der Waals surface area contributed by atoms with Crippen LogP contribution in [-0.4, -0.2) is 4.98 Å². The molecule has 0 bridgehead atoms. The van der Waals surface area contributed by atoms with Gasteiger partial charge < -0.3 is 0 Å². The Morgan fingerprint density at radius 1 is 1.33 bits per heavy atom. The molecule has 0 N–H and O–H groups in total. The Hall–Kier alpha value is -0.670. The maximum absolute atomic E-state index is 4.18. The monoisotopic (exact) mass is 321 g/mol. The third kappa shape index (κ3) is 2.52. The molecule has 0 spiro atoms. The molecule has 2 aromatic rings. The molecule has 3 heteroatoms. The standard InChI is InChI=1S/C15H16BrNS/c16-15-12(8-13-9-17-10-18-13)6-3-5-11-4-1-2-7-14(11)15/h1-2,4,7,9-10,12,15H,3,5-6,8H2. The molecule has 0 saturated heterocycles. The first-order valence-corrected chi connectivity index (χ1v) is 8.23. The molecule has 2 unspecified atom stereocenters. The van der Waals surface area contributed by atoms with Crippen molar-refractivity contribution in [2.75, 3.05) is 0 Å². The number of thiazole rings is 1. The van der Waals surface area contributed by atoms with Gasteiger partial charge in [-0.2, -0.15) is 0 Å². The zero-order valence-electron chi connectivity index (χ0n) is 10.2. The van der Waals surface area contributed by atoms with Gasteiger partial charge in [0.25, 0.3) is 0 Å². The lowest BCUT2D eigenvalue weighted by molar-refractivity contribution is 0.478. The molecular formula is C15H16BrNS. The number of benzene rings is 1. The van der Waals surface area contributed by atoms with E-state index in [-0.39, 0.29) is 0 Å². The molecule has 1 aliphatic rings. The minimum absolute atomic E-state index is 0.485. The first-order valence-electron chi connectivity index (χ1n) is 6.44. The molecule has 0 amide bonds. The fraction of sp³-hybridized carbons (Fsp3) is 0.400. The minimum atomic E-state index is 0.485. The summed E-state index contributed by atoms with van der Waals surface area (Å²) in [5.74, 6) is 0.689. The fourth-order valence-corrected chi connectivity index (χ4v) is 4.38. The summed E-state index contributed by atoms with van der Waals surface area (Å²) in [6.07, 6.45) is 6.97. The lowest BCUT2D eigenvalue weighted by atomic mass is 9.93. The van der Waals surface area contributed by atoms with Gasteiger partial charge in [0.1, 0.15) is 0 Å². The molecule has 18 heavy (non-hydrogen) atoms. The number of aryl methyl sites for hydroxylation is 1. The topological polar surface area (TPSA) is 12.9 Å². The first-order chi connectivity index (χ1) is 8.84. The number of hydrogen-bond donors (Lipinski definition) is 0. The average molecular weight is 322 g/mol. The molecule has 0 fully saturated rings. The summed E-state index contributed by atoms with van der Waals surface area (Å²) < 4.78 is 0. The van der Waals surface area contributed by atoms with Crippen LogP contribution >= 0.6 is 27.3 Å². The van der Waals surface area contributed by atoms with Crippen molar-refractivity contribution in [3.63, 3.8) is 0 Å². The van der Waals surface area contributed by atoms with Crippen molar-refractivity contribution in [2.24, 2.45) is 5.92 Å². The van der Waals surface area contributed by atoms with E-state index in [1.165, 1.54) is 35.3 Å². The average Bonchev–Trinajstić information content (AvgIpc) is 2.85. The Labute approximate surface area is 120 Å². The third-order valence-corrected chi connectivity index (χ3v) is 5.78. The normalized spacial score (nSPS) is 23.4. The van der Waals surface area contributed by atoms with Crippen LogP contribution in [0.1, 0.15) is 33.7 Å². The van der Waals surface area contributed by atoms with Crippen LogP contribution in [0, 0.1) is 5.92 Å². The van der Waals surface area contributed by atoms with Crippen LogP contribution in [0.5, 0.6) is 0 Å². The first kappa shape index (κ1) is 12.4. The Kier molecular flexibility index (Phi) is 3.80. The van der Waals surface area contributed by atoms with Gasteiger partial charge >= 0.3 is 0 Å². The summed E-state index contributed by atoms with van der Waals surface area (Å²) in [5.41, 5.74) is 4.94. The SMILES string of the molecule is BrC1c2ccccc2CCCC1Cc1cncs1. The second kappa shape index (κ2) is 5.54. The lowest BCUT2D eigenvalue weighted by Crippen LogP contribution is -2.09. The molecule has 0 aliphatic heterocycles. The summed E-state index contributed by atoms with van der Waals surface area (Å²) in [6, 6.07) is 8.86. The van der Waals surface area contributed by atoms with Gasteiger partial charge in [-0.15, -0.1) is 11.3 Å². The lowest BCUT2D eigenvalue weighted by Gasteiger charge is -2.20. The molecule has 1 aliphatic carbocycles. The van der Waals surface area contributed by atoms with Crippen LogP contribution in [0.25, 0.3) is 0 Å². The van der Waals surface area contributed by atoms with Crippen molar-refractivity contribution >= 4 is 27.3 Å². The number of rotatable bonds is 2. The highest BCUT2D eigenvalue weighted by Gasteiger charge is 2.25. The van der Waals surface area contributed by atoms with Gasteiger partial charge in [-0.05, 0) is 42.7 Å². The predicted octanol–water partition coefficient (Wildman–Crippen LogP) is 4.77. The van der Waals surface area contributed by atoms with Crippen LogP contribution < -0.4 is 0 Å². The van der Waals surface area contributed by atoms with E-state index in [0.29, 0.717) is 10.7 Å². The summed E-state index contributed by atoms with van der Waals surface area (Å²) >= 11 is 5.71. The van der Waals surface area contributed by atoms with E-state index in [0.717, 1.165) is 6.42 Å². The number of alkyl halides is 1. The molecule has 0 saturated carbocycles. The molecular weight excluding hydrogens is 306 g/mol. The zero-order chi connectivity index (χ0) is 12.4. The van der Waals surface area contributed by atoms with E-state index in [1.54, 1.807) is 11.3 Å². The molecule has 1 aromatic heterocycles. The number of aromatic nitrogens is 1. The van der Waals surface area contributed by atoms with Crippen molar-refractivity contribution < 1.29 is 0 Å². The molecule has 94 valence electrons. The highest BCUT2D eigenvalue weighted by molar-refractivity contribution is 9.09. The third-order valence-electron chi connectivity index (χ3n) is 3.73. The molecule has 3 rings (SSSR count). The Morgan fingerprint density at radius 3 is 3.06 bits per heavy atom.